The number of likely N-dealkylation sites (tertiary alicyclic amines) is 1. The molecule has 1 saturated heterocycles. The minimum atomic E-state index is -0.851. The van der Waals surface area contributed by atoms with E-state index >= 15 is 0 Å². The molecule has 1 unspecified atom stereocenters. The van der Waals surface area contributed by atoms with Crippen molar-refractivity contribution in [1.82, 2.24) is 10.2 Å². The summed E-state index contributed by atoms with van der Waals surface area (Å²) in [6, 6.07) is 1.92. The fourth-order valence-corrected chi connectivity index (χ4v) is 2.90. The molecule has 0 saturated carbocycles. The zero-order valence-electron chi connectivity index (χ0n) is 14.0. The zero-order chi connectivity index (χ0) is 17.7. The number of ether oxygens (including phenoxy) is 1. The van der Waals surface area contributed by atoms with E-state index in [4.69, 9.17) is 4.74 Å². The Morgan fingerprint density at radius 2 is 2.04 bits per heavy atom. The SMILES string of the molecule is COCC(O)CN1CCC(NC(=O)c2cc(C)c(F)cc2F)CC1. The maximum Gasteiger partial charge on any atom is 0.254 e. The average molecular weight is 342 g/mol. The highest BCUT2D eigenvalue weighted by atomic mass is 19.1. The molecular weight excluding hydrogens is 318 g/mol. The molecule has 1 aliphatic heterocycles. The van der Waals surface area contributed by atoms with Gasteiger partial charge in [-0.05, 0) is 31.4 Å². The Kier molecular flexibility index (Phi) is 6.65. The van der Waals surface area contributed by atoms with Crippen LogP contribution in [0.25, 0.3) is 0 Å². The van der Waals surface area contributed by atoms with E-state index in [1.165, 1.54) is 13.0 Å². The predicted octanol–water partition coefficient (Wildman–Crippen LogP) is 1.47. The first-order valence-corrected chi connectivity index (χ1v) is 8.06. The molecule has 134 valence electrons. The van der Waals surface area contributed by atoms with Gasteiger partial charge in [0, 0.05) is 38.9 Å². The van der Waals surface area contributed by atoms with Gasteiger partial charge < -0.3 is 20.1 Å². The summed E-state index contributed by atoms with van der Waals surface area (Å²) in [6.07, 6.45) is 0.901. The number of nitrogens with one attached hydrogen (secondary N) is 1. The van der Waals surface area contributed by atoms with Gasteiger partial charge in [0.1, 0.15) is 11.6 Å². The number of piperidine rings is 1. The van der Waals surface area contributed by atoms with Crippen LogP contribution in [0.5, 0.6) is 0 Å². The molecule has 0 aromatic heterocycles. The van der Waals surface area contributed by atoms with Gasteiger partial charge >= 0.3 is 0 Å². The fourth-order valence-electron chi connectivity index (χ4n) is 2.90. The second kappa shape index (κ2) is 8.50. The van der Waals surface area contributed by atoms with Crippen LogP contribution in [0.3, 0.4) is 0 Å². The molecule has 24 heavy (non-hydrogen) atoms. The molecule has 0 bridgehead atoms. The molecule has 0 spiro atoms. The molecule has 1 heterocycles. The van der Waals surface area contributed by atoms with Gasteiger partial charge in [0.25, 0.3) is 5.91 Å². The van der Waals surface area contributed by atoms with Crippen LogP contribution in [0.4, 0.5) is 8.78 Å². The Morgan fingerprint density at radius 1 is 1.38 bits per heavy atom. The molecule has 0 aliphatic carbocycles. The Hall–Kier alpha value is -1.57. The van der Waals surface area contributed by atoms with Gasteiger partial charge in [0.15, 0.2) is 0 Å². The van der Waals surface area contributed by atoms with Crippen LogP contribution < -0.4 is 5.32 Å². The summed E-state index contributed by atoms with van der Waals surface area (Å²) in [7, 11) is 1.54. The quantitative estimate of drug-likeness (QED) is 0.822. The molecule has 2 rings (SSSR count). The van der Waals surface area contributed by atoms with E-state index in [0.29, 0.717) is 26.0 Å². The Morgan fingerprint density at radius 3 is 2.67 bits per heavy atom. The minimum absolute atomic E-state index is 0.0573. The van der Waals surface area contributed by atoms with Gasteiger partial charge in [-0.3, -0.25) is 4.79 Å². The molecule has 5 nitrogen and oxygen atoms in total. The summed E-state index contributed by atoms with van der Waals surface area (Å²) in [5, 5.41) is 12.5. The van der Waals surface area contributed by atoms with Gasteiger partial charge in [-0.1, -0.05) is 0 Å². The van der Waals surface area contributed by atoms with Crippen LogP contribution in [-0.2, 0) is 4.74 Å². The third kappa shape index (κ3) is 4.96. The number of carbonyl (C=O) groups is 1. The number of β-amino-alcohol motifs (C(OH)–C–C–N with tert-alkyl or cyclic N) is 1. The van der Waals surface area contributed by atoms with Crippen molar-refractivity contribution < 1.29 is 23.4 Å². The van der Waals surface area contributed by atoms with Crippen LogP contribution >= 0.6 is 0 Å². The molecule has 1 aromatic carbocycles. The van der Waals surface area contributed by atoms with E-state index in [9.17, 15) is 18.7 Å². The Balaban J connectivity index is 1.85. The summed E-state index contributed by atoms with van der Waals surface area (Å²) in [5.41, 5.74) is 0.107. The number of methoxy groups -OCH3 is 1. The van der Waals surface area contributed by atoms with Crippen molar-refractivity contribution in [2.24, 2.45) is 0 Å². The maximum atomic E-state index is 13.8. The van der Waals surface area contributed by atoms with Crippen molar-refractivity contribution in [2.75, 3.05) is 33.4 Å². The van der Waals surface area contributed by atoms with E-state index < -0.39 is 23.6 Å². The van der Waals surface area contributed by atoms with Gasteiger partial charge in [-0.2, -0.15) is 0 Å². The van der Waals surface area contributed by atoms with Crippen LogP contribution in [0.2, 0.25) is 0 Å². The fraction of sp³-hybridized carbons (Fsp3) is 0.588. The first kappa shape index (κ1) is 18.8. The van der Waals surface area contributed by atoms with Gasteiger partial charge in [0.2, 0.25) is 0 Å². The van der Waals surface area contributed by atoms with Crippen molar-refractivity contribution in [3.05, 3.63) is 34.9 Å². The number of amides is 1. The number of carbonyl (C=O) groups excluding carboxylic acids is 1. The molecule has 1 fully saturated rings. The zero-order valence-corrected chi connectivity index (χ0v) is 14.0. The van der Waals surface area contributed by atoms with E-state index in [-0.39, 0.29) is 17.2 Å². The van der Waals surface area contributed by atoms with Gasteiger partial charge in [-0.25, -0.2) is 8.78 Å². The highest BCUT2D eigenvalue weighted by Crippen LogP contribution is 2.16. The Bertz CT molecular complexity index is 575. The van der Waals surface area contributed by atoms with E-state index in [2.05, 4.69) is 10.2 Å². The largest absolute Gasteiger partial charge is 0.389 e. The summed E-state index contributed by atoms with van der Waals surface area (Å²) >= 11 is 0. The number of aliphatic hydroxyl groups excluding tert-OH is 1. The van der Waals surface area contributed by atoms with Crippen molar-refractivity contribution >= 4 is 5.91 Å². The third-order valence-electron chi connectivity index (χ3n) is 4.24. The normalized spacial score (nSPS) is 17.7. The van der Waals surface area contributed by atoms with E-state index in [1.54, 1.807) is 7.11 Å². The molecule has 1 aliphatic rings. The monoisotopic (exact) mass is 342 g/mol. The first-order chi connectivity index (χ1) is 11.4. The molecule has 0 radical (unpaired) electrons. The lowest BCUT2D eigenvalue weighted by atomic mass is 10.0. The molecule has 2 N–H and O–H groups in total. The molecule has 1 atom stereocenters. The average Bonchev–Trinajstić information content (AvgIpc) is 2.53. The topological polar surface area (TPSA) is 61.8 Å². The highest BCUT2D eigenvalue weighted by molar-refractivity contribution is 5.94. The van der Waals surface area contributed by atoms with E-state index in [0.717, 1.165) is 19.2 Å². The first-order valence-electron chi connectivity index (χ1n) is 8.06. The number of rotatable bonds is 6. The maximum absolute atomic E-state index is 13.8. The highest BCUT2D eigenvalue weighted by Gasteiger charge is 2.24. The lowest BCUT2D eigenvalue weighted by Crippen LogP contribution is -2.47. The summed E-state index contributed by atoms with van der Waals surface area (Å²) in [5.74, 6) is -2.03. The second-order valence-electron chi connectivity index (χ2n) is 6.24. The van der Waals surface area contributed by atoms with Crippen LogP contribution in [0, 0.1) is 18.6 Å². The smallest absolute Gasteiger partial charge is 0.254 e. The van der Waals surface area contributed by atoms with Crippen molar-refractivity contribution in [3.63, 3.8) is 0 Å². The van der Waals surface area contributed by atoms with Crippen LogP contribution in [0.15, 0.2) is 12.1 Å². The van der Waals surface area contributed by atoms with Crippen LogP contribution in [0.1, 0.15) is 28.8 Å². The number of benzene rings is 1. The molecule has 1 aromatic rings. The minimum Gasteiger partial charge on any atom is -0.389 e. The second-order valence-corrected chi connectivity index (χ2v) is 6.24. The number of hydrogen-bond acceptors (Lipinski definition) is 4. The lowest BCUT2D eigenvalue weighted by molar-refractivity contribution is 0.0309. The number of hydrogen-bond donors (Lipinski definition) is 2. The third-order valence-corrected chi connectivity index (χ3v) is 4.24. The predicted molar refractivity (Wildman–Crippen MR) is 85.9 cm³/mol. The molecule has 1 amide bonds. The van der Waals surface area contributed by atoms with Crippen molar-refractivity contribution in [1.29, 1.82) is 0 Å². The van der Waals surface area contributed by atoms with E-state index in [1.807, 2.05) is 0 Å². The number of nitrogens with zero attached hydrogens (tertiary/aromatic N) is 1. The number of aliphatic hydroxyl groups is 1. The van der Waals surface area contributed by atoms with Crippen LogP contribution in [-0.4, -0.2) is 61.4 Å². The number of halogens is 2. The summed E-state index contributed by atoms with van der Waals surface area (Å²) in [4.78, 5) is 14.3. The van der Waals surface area contributed by atoms with Crippen molar-refractivity contribution in [2.45, 2.75) is 31.9 Å². The molecular formula is C17H24F2N2O3. The standard InChI is InChI=1S/C17H24F2N2O3/c1-11-7-14(16(19)8-15(11)18)17(23)20-12-3-5-21(6-4-12)9-13(22)10-24-2/h7-8,12-13,22H,3-6,9-10H2,1-2H3,(H,20,23). The lowest BCUT2D eigenvalue weighted by Gasteiger charge is -2.33. The van der Waals surface area contributed by atoms with Gasteiger partial charge in [0.05, 0.1) is 18.3 Å². The summed E-state index contributed by atoms with van der Waals surface area (Å²) in [6.45, 7) is 3.78. The summed E-state index contributed by atoms with van der Waals surface area (Å²) < 4.78 is 31.9. The van der Waals surface area contributed by atoms with Gasteiger partial charge in [-0.15, -0.1) is 0 Å². The van der Waals surface area contributed by atoms with Crippen molar-refractivity contribution in [3.8, 4) is 0 Å². The Labute approximate surface area is 140 Å². The number of aryl methyl sites for hydroxylation is 1. The molecule has 7 heteroatoms.